The van der Waals surface area contributed by atoms with Gasteiger partial charge in [0.2, 0.25) is 0 Å². The third-order valence-electron chi connectivity index (χ3n) is 2.22. The number of hydrogen-bond acceptors (Lipinski definition) is 3. The molecule has 0 saturated heterocycles. The van der Waals surface area contributed by atoms with Crippen molar-refractivity contribution in [2.75, 3.05) is 13.2 Å². The molecule has 1 aromatic carbocycles. The average Bonchev–Trinajstić information content (AvgIpc) is 2.28. The van der Waals surface area contributed by atoms with Crippen LogP contribution in [0.2, 0.25) is 0 Å². The number of hydrogen-bond donors (Lipinski definition) is 1. The molecule has 0 atom stereocenters. The van der Waals surface area contributed by atoms with E-state index in [1.807, 2.05) is 18.2 Å². The summed E-state index contributed by atoms with van der Waals surface area (Å²) in [5, 5.41) is 12.3. The lowest BCUT2D eigenvalue weighted by Gasteiger charge is -2.10. The molecular formula is C13H17BrN2O. The van der Waals surface area contributed by atoms with E-state index in [-0.39, 0.29) is 0 Å². The summed E-state index contributed by atoms with van der Waals surface area (Å²) in [5.74, 6) is 0.645. The SMILES string of the molecule is CC(C)NCCCOc1cccc(Br)c1C#N. The van der Waals surface area contributed by atoms with E-state index in [2.05, 4.69) is 41.2 Å². The van der Waals surface area contributed by atoms with Gasteiger partial charge in [-0.05, 0) is 41.0 Å². The zero-order valence-electron chi connectivity index (χ0n) is 10.2. The number of halogens is 1. The van der Waals surface area contributed by atoms with Gasteiger partial charge >= 0.3 is 0 Å². The fourth-order valence-electron chi connectivity index (χ4n) is 1.38. The second-order valence-electron chi connectivity index (χ2n) is 4.04. The van der Waals surface area contributed by atoms with Gasteiger partial charge in [0.25, 0.3) is 0 Å². The van der Waals surface area contributed by atoms with Crippen LogP contribution in [0.1, 0.15) is 25.8 Å². The predicted octanol–water partition coefficient (Wildman–Crippen LogP) is 3.09. The molecule has 1 rings (SSSR count). The minimum absolute atomic E-state index is 0.496. The van der Waals surface area contributed by atoms with Crippen molar-refractivity contribution in [3.63, 3.8) is 0 Å². The van der Waals surface area contributed by atoms with Crippen LogP contribution in [0.4, 0.5) is 0 Å². The first kappa shape index (κ1) is 14.0. The van der Waals surface area contributed by atoms with E-state index in [0.717, 1.165) is 17.4 Å². The molecule has 4 heteroatoms. The first-order valence-electron chi connectivity index (χ1n) is 5.70. The minimum Gasteiger partial charge on any atom is -0.492 e. The molecule has 1 aromatic rings. The van der Waals surface area contributed by atoms with Gasteiger partial charge in [-0.3, -0.25) is 0 Å². The lowest BCUT2D eigenvalue weighted by molar-refractivity contribution is 0.305. The molecule has 0 unspecified atom stereocenters. The molecule has 0 aliphatic rings. The topological polar surface area (TPSA) is 45.0 Å². The Morgan fingerprint density at radius 2 is 2.24 bits per heavy atom. The molecule has 1 N–H and O–H groups in total. The molecule has 0 saturated carbocycles. The van der Waals surface area contributed by atoms with Crippen LogP contribution in [-0.4, -0.2) is 19.2 Å². The van der Waals surface area contributed by atoms with Crippen molar-refractivity contribution in [2.24, 2.45) is 0 Å². The van der Waals surface area contributed by atoms with Gasteiger partial charge in [0.05, 0.1) is 6.61 Å². The Morgan fingerprint density at radius 1 is 1.47 bits per heavy atom. The normalized spacial score (nSPS) is 10.3. The van der Waals surface area contributed by atoms with Crippen LogP contribution in [0.3, 0.4) is 0 Å². The Bertz CT molecular complexity index is 399. The molecule has 0 aromatic heterocycles. The molecule has 0 fully saturated rings. The summed E-state index contributed by atoms with van der Waals surface area (Å²) in [6, 6.07) is 8.16. The van der Waals surface area contributed by atoms with Gasteiger partial charge in [-0.1, -0.05) is 19.9 Å². The number of nitriles is 1. The summed E-state index contributed by atoms with van der Waals surface area (Å²) < 4.78 is 6.37. The Kier molecular flexibility index (Phi) is 6.03. The highest BCUT2D eigenvalue weighted by molar-refractivity contribution is 9.10. The molecule has 0 spiro atoms. The molecule has 0 radical (unpaired) electrons. The van der Waals surface area contributed by atoms with Crippen LogP contribution in [-0.2, 0) is 0 Å². The van der Waals surface area contributed by atoms with E-state index >= 15 is 0 Å². The number of rotatable bonds is 6. The van der Waals surface area contributed by atoms with Crippen LogP contribution in [0, 0.1) is 11.3 Å². The fourth-order valence-corrected chi connectivity index (χ4v) is 1.81. The lowest BCUT2D eigenvalue weighted by atomic mass is 10.2. The van der Waals surface area contributed by atoms with Crippen LogP contribution in [0.25, 0.3) is 0 Å². The average molecular weight is 297 g/mol. The summed E-state index contributed by atoms with van der Waals surface area (Å²) in [7, 11) is 0. The molecule has 0 aliphatic carbocycles. The van der Waals surface area contributed by atoms with Crippen molar-refractivity contribution in [1.82, 2.24) is 5.32 Å². The van der Waals surface area contributed by atoms with Gasteiger partial charge in [-0.15, -0.1) is 0 Å². The van der Waals surface area contributed by atoms with Crippen molar-refractivity contribution in [2.45, 2.75) is 26.3 Å². The summed E-state index contributed by atoms with van der Waals surface area (Å²) in [4.78, 5) is 0. The Morgan fingerprint density at radius 3 is 2.88 bits per heavy atom. The number of benzene rings is 1. The van der Waals surface area contributed by atoms with Gasteiger partial charge < -0.3 is 10.1 Å². The highest BCUT2D eigenvalue weighted by Crippen LogP contribution is 2.25. The van der Waals surface area contributed by atoms with E-state index in [0.29, 0.717) is 24.0 Å². The maximum absolute atomic E-state index is 9.00. The van der Waals surface area contributed by atoms with Crippen LogP contribution in [0.15, 0.2) is 22.7 Å². The highest BCUT2D eigenvalue weighted by Gasteiger charge is 2.06. The monoisotopic (exact) mass is 296 g/mol. The van der Waals surface area contributed by atoms with E-state index in [4.69, 9.17) is 10.00 Å². The summed E-state index contributed by atoms with van der Waals surface area (Å²) in [5.41, 5.74) is 0.560. The minimum atomic E-state index is 0.496. The third-order valence-corrected chi connectivity index (χ3v) is 2.88. The third kappa shape index (κ3) is 4.76. The van der Waals surface area contributed by atoms with E-state index < -0.39 is 0 Å². The smallest absolute Gasteiger partial charge is 0.138 e. The molecule has 0 aliphatic heterocycles. The number of nitrogens with one attached hydrogen (secondary N) is 1. The molecule has 3 nitrogen and oxygen atoms in total. The molecule has 0 amide bonds. The first-order chi connectivity index (χ1) is 8.15. The molecular weight excluding hydrogens is 280 g/mol. The molecule has 17 heavy (non-hydrogen) atoms. The van der Waals surface area contributed by atoms with Crippen molar-refractivity contribution in [1.29, 1.82) is 5.26 Å². The van der Waals surface area contributed by atoms with Gasteiger partial charge in [-0.25, -0.2) is 0 Å². The zero-order valence-corrected chi connectivity index (χ0v) is 11.8. The standard InChI is InChI=1S/C13H17BrN2O/c1-10(2)16-7-4-8-17-13-6-3-5-12(14)11(13)9-15/h3,5-6,10,16H,4,7-8H2,1-2H3. The number of nitrogens with zero attached hydrogens (tertiary/aromatic N) is 1. The van der Waals surface area contributed by atoms with Gasteiger partial charge in [0.15, 0.2) is 0 Å². The van der Waals surface area contributed by atoms with Gasteiger partial charge in [-0.2, -0.15) is 5.26 Å². The first-order valence-corrected chi connectivity index (χ1v) is 6.49. The Balaban J connectivity index is 2.42. The lowest BCUT2D eigenvalue weighted by Crippen LogP contribution is -2.24. The summed E-state index contributed by atoms with van der Waals surface area (Å²) >= 11 is 3.33. The van der Waals surface area contributed by atoms with Crippen molar-refractivity contribution in [3.8, 4) is 11.8 Å². The van der Waals surface area contributed by atoms with Crippen LogP contribution in [0.5, 0.6) is 5.75 Å². The Hall–Kier alpha value is -1.05. The quantitative estimate of drug-likeness (QED) is 0.821. The van der Waals surface area contributed by atoms with Crippen LogP contribution < -0.4 is 10.1 Å². The van der Waals surface area contributed by atoms with Crippen molar-refractivity contribution in [3.05, 3.63) is 28.2 Å². The summed E-state index contributed by atoms with van der Waals surface area (Å²) in [6.07, 6.45) is 0.926. The van der Waals surface area contributed by atoms with E-state index in [1.54, 1.807) is 0 Å². The second kappa shape index (κ2) is 7.31. The largest absolute Gasteiger partial charge is 0.492 e. The maximum atomic E-state index is 9.00. The fraction of sp³-hybridized carbons (Fsp3) is 0.462. The van der Waals surface area contributed by atoms with E-state index in [9.17, 15) is 0 Å². The second-order valence-corrected chi connectivity index (χ2v) is 4.89. The van der Waals surface area contributed by atoms with Crippen LogP contribution >= 0.6 is 15.9 Å². The van der Waals surface area contributed by atoms with Crippen molar-refractivity contribution < 1.29 is 4.74 Å². The van der Waals surface area contributed by atoms with Gasteiger partial charge in [0, 0.05) is 10.5 Å². The number of ether oxygens (including phenoxy) is 1. The molecule has 92 valence electrons. The highest BCUT2D eigenvalue weighted by atomic mass is 79.9. The van der Waals surface area contributed by atoms with E-state index in [1.165, 1.54) is 0 Å². The van der Waals surface area contributed by atoms with Gasteiger partial charge in [0.1, 0.15) is 17.4 Å². The molecule has 0 bridgehead atoms. The van der Waals surface area contributed by atoms with Crippen molar-refractivity contribution >= 4 is 15.9 Å². The maximum Gasteiger partial charge on any atom is 0.138 e. The predicted molar refractivity (Wildman–Crippen MR) is 72.1 cm³/mol. The Labute approximate surface area is 111 Å². The zero-order chi connectivity index (χ0) is 12.7. The summed E-state index contributed by atoms with van der Waals surface area (Å²) in [6.45, 7) is 5.77. The molecule has 0 heterocycles.